The molecule has 0 saturated carbocycles. The molecule has 5 nitrogen and oxygen atoms in total. The van der Waals surface area contributed by atoms with Crippen LogP contribution in [0, 0.1) is 6.92 Å². The number of primary amides is 1. The molecule has 1 amide bonds. The van der Waals surface area contributed by atoms with Crippen LogP contribution in [0.2, 0.25) is 0 Å². The summed E-state index contributed by atoms with van der Waals surface area (Å²) in [5.41, 5.74) is 6.31. The Labute approximate surface area is 101 Å². The predicted molar refractivity (Wildman–Crippen MR) is 64.0 cm³/mol. The van der Waals surface area contributed by atoms with Gasteiger partial charge in [0.05, 0.1) is 17.5 Å². The average molecular weight is 235 g/mol. The van der Waals surface area contributed by atoms with Crippen LogP contribution in [0.25, 0.3) is 0 Å². The molecular formula is C12H17N3O2. The van der Waals surface area contributed by atoms with Gasteiger partial charge in [0.15, 0.2) is 0 Å². The van der Waals surface area contributed by atoms with E-state index >= 15 is 0 Å². The predicted octanol–water partition coefficient (Wildman–Crippen LogP) is 0.572. The van der Waals surface area contributed by atoms with Crippen molar-refractivity contribution >= 4 is 5.91 Å². The highest BCUT2D eigenvalue weighted by Gasteiger charge is 2.24. The summed E-state index contributed by atoms with van der Waals surface area (Å²) in [4.78, 5) is 17.5. The molecule has 5 heteroatoms. The van der Waals surface area contributed by atoms with Gasteiger partial charge >= 0.3 is 0 Å². The summed E-state index contributed by atoms with van der Waals surface area (Å²) in [5.74, 6) is 0.130. The van der Waals surface area contributed by atoms with Crippen LogP contribution in [-0.4, -0.2) is 42.0 Å². The van der Waals surface area contributed by atoms with Gasteiger partial charge in [0.1, 0.15) is 12.4 Å². The highest BCUT2D eigenvalue weighted by atomic mass is 16.5. The Morgan fingerprint density at radius 2 is 2.47 bits per heavy atom. The number of amides is 1. The molecular weight excluding hydrogens is 218 g/mol. The number of pyridine rings is 1. The summed E-state index contributed by atoms with van der Waals surface area (Å²) < 4.78 is 5.61. The Hall–Kier alpha value is -1.62. The van der Waals surface area contributed by atoms with Gasteiger partial charge in [-0.3, -0.25) is 14.7 Å². The molecule has 2 rings (SSSR count). The molecule has 92 valence electrons. The maximum atomic E-state index is 11.1. The van der Waals surface area contributed by atoms with Crippen LogP contribution in [0.4, 0.5) is 0 Å². The molecule has 1 fully saturated rings. The summed E-state index contributed by atoms with van der Waals surface area (Å²) in [7, 11) is 2.07. The molecule has 0 bridgehead atoms. The molecule has 0 spiro atoms. The first-order valence-corrected chi connectivity index (χ1v) is 5.67. The first kappa shape index (κ1) is 11.9. The third-order valence-corrected chi connectivity index (χ3v) is 3.21. The highest BCUT2D eigenvalue weighted by Crippen LogP contribution is 2.18. The Morgan fingerprint density at radius 3 is 3.00 bits per heavy atom. The second kappa shape index (κ2) is 4.71. The van der Waals surface area contributed by atoms with Gasteiger partial charge < -0.3 is 10.5 Å². The topological polar surface area (TPSA) is 68.4 Å². The molecule has 1 aromatic rings. The number of likely N-dealkylation sites (tertiary alicyclic amines) is 1. The van der Waals surface area contributed by atoms with Crippen LogP contribution in [0.5, 0.6) is 5.75 Å². The summed E-state index contributed by atoms with van der Waals surface area (Å²) in [5, 5.41) is 0. The average Bonchev–Trinajstić information content (AvgIpc) is 2.29. The van der Waals surface area contributed by atoms with E-state index in [0.717, 1.165) is 13.0 Å². The van der Waals surface area contributed by atoms with Crippen LogP contribution in [0.15, 0.2) is 12.3 Å². The van der Waals surface area contributed by atoms with Crippen molar-refractivity contribution in [1.82, 2.24) is 9.88 Å². The maximum Gasteiger partial charge on any atom is 0.250 e. The number of aryl methyl sites for hydroxylation is 1. The van der Waals surface area contributed by atoms with Crippen molar-refractivity contribution in [2.45, 2.75) is 19.4 Å². The van der Waals surface area contributed by atoms with E-state index < -0.39 is 5.91 Å². The number of aromatic nitrogens is 1. The third-order valence-electron chi connectivity index (χ3n) is 3.21. The Bertz CT molecular complexity index is 434. The third kappa shape index (κ3) is 2.55. The van der Waals surface area contributed by atoms with E-state index in [2.05, 4.69) is 16.9 Å². The normalized spacial score (nSPS) is 19.8. The lowest BCUT2D eigenvalue weighted by molar-refractivity contribution is 0.0766. The number of nitrogens with two attached hydrogens (primary N) is 1. The van der Waals surface area contributed by atoms with Crippen LogP contribution < -0.4 is 10.5 Å². The minimum absolute atomic E-state index is 0.421. The molecule has 1 aromatic heterocycles. The minimum atomic E-state index is -0.471. The highest BCUT2D eigenvalue weighted by molar-refractivity contribution is 5.94. The number of carbonyl (C=O) groups excluding carboxylic acids is 1. The van der Waals surface area contributed by atoms with Gasteiger partial charge in [-0.15, -0.1) is 0 Å². The molecule has 0 aromatic carbocycles. The van der Waals surface area contributed by atoms with Gasteiger partial charge in [-0.1, -0.05) is 0 Å². The molecule has 2 heterocycles. The lowest BCUT2D eigenvalue weighted by Gasteiger charge is -2.37. The van der Waals surface area contributed by atoms with Crippen molar-refractivity contribution in [1.29, 1.82) is 0 Å². The van der Waals surface area contributed by atoms with E-state index in [-0.39, 0.29) is 0 Å². The van der Waals surface area contributed by atoms with Gasteiger partial charge in [-0.25, -0.2) is 0 Å². The molecule has 0 unspecified atom stereocenters. The molecule has 1 aliphatic heterocycles. The lowest BCUT2D eigenvalue weighted by atomic mass is 10.1. The van der Waals surface area contributed by atoms with Crippen molar-refractivity contribution in [3.05, 3.63) is 23.5 Å². The zero-order valence-corrected chi connectivity index (χ0v) is 10.1. The first-order valence-electron chi connectivity index (χ1n) is 5.67. The van der Waals surface area contributed by atoms with Crippen molar-refractivity contribution < 1.29 is 9.53 Å². The number of nitrogens with zero attached hydrogens (tertiary/aromatic N) is 2. The monoisotopic (exact) mass is 235 g/mol. The quantitative estimate of drug-likeness (QED) is 0.828. The lowest BCUT2D eigenvalue weighted by Crippen LogP contribution is -2.48. The number of hydrogen-bond donors (Lipinski definition) is 1. The van der Waals surface area contributed by atoms with Crippen molar-refractivity contribution in [2.24, 2.45) is 5.73 Å². The Morgan fingerprint density at radius 1 is 1.71 bits per heavy atom. The number of likely N-dealkylation sites (N-methyl/N-ethyl adjacent to an activating group) is 1. The Kier molecular flexibility index (Phi) is 3.28. The van der Waals surface area contributed by atoms with E-state index in [1.807, 2.05) is 0 Å². The largest absolute Gasteiger partial charge is 0.490 e. The molecule has 17 heavy (non-hydrogen) atoms. The van der Waals surface area contributed by atoms with Crippen molar-refractivity contribution in [3.63, 3.8) is 0 Å². The SMILES string of the molecule is Cc1ncc(OC[C@@H]2CCN2C)cc1C(N)=O. The summed E-state index contributed by atoms with van der Waals surface area (Å²) >= 11 is 0. The molecule has 1 aliphatic rings. The summed E-state index contributed by atoms with van der Waals surface area (Å²) in [6.07, 6.45) is 2.78. The van der Waals surface area contributed by atoms with Crippen LogP contribution >= 0.6 is 0 Å². The fraction of sp³-hybridized carbons (Fsp3) is 0.500. The molecule has 2 N–H and O–H groups in total. The molecule has 0 radical (unpaired) electrons. The summed E-state index contributed by atoms with van der Waals surface area (Å²) in [6, 6.07) is 2.12. The fourth-order valence-corrected chi connectivity index (χ4v) is 1.82. The van der Waals surface area contributed by atoms with E-state index in [1.54, 1.807) is 19.2 Å². The maximum absolute atomic E-state index is 11.1. The second-order valence-electron chi connectivity index (χ2n) is 4.40. The first-order chi connectivity index (χ1) is 8.08. The van der Waals surface area contributed by atoms with Crippen LogP contribution in [0.1, 0.15) is 22.5 Å². The minimum Gasteiger partial charge on any atom is -0.490 e. The van der Waals surface area contributed by atoms with Crippen LogP contribution in [0.3, 0.4) is 0 Å². The van der Waals surface area contributed by atoms with Gasteiger partial charge in [-0.2, -0.15) is 0 Å². The van der Waals surface area contributed by atoms with Crippen molar-refractivity contribution in [3.8, 4) is 5.75 Å². The Balaban J connectivity index is 2.01. The zero-order valence-electron chi connectivity index (χ0n) is 10.1. The van der Waals surface area contributed by atoms with Crippen molar-refractivity contribution in [2.75, 3.05) is 20.2 Å². The van der Waals surface area contributed by atoms with Gasteiger partial charge in [0.2, 0.25) is 0 Å². The number of carbonyl (C=O) groups is 1. The summed E-state index contributed by atoms with van der Waals surface area (Å²) in [6.45, 7) is 3.50. The van der Waals surface area contributed by atoms with E-state index in [0.29, 0.717) is 29.7 Å². The number of rotatable bonds is 4. The smallest absolute Gasteiger partial charge is 0.250 e. The van der Waals surface area contributed by atoms with Gasteiger partial charge in [0.25, 0.3) is 5.91 Å². The molecule has 1 saturated heterocycles. The second-order valence-corrected chi connectivity index (χ2v) is 4.40. The van der Waals surface area contributed by atoms with E-state index in [1.165, 1.54) is 0 Å². The van der Waals surface area contributed by atoms with Gasteiger partial charge in [-0.05, 0) is 33.0 Å². The standard InChI is InChI=1S/C12H17N3O2/c1-8-11(12(13)16)5-10(6-14-8)17-7-9-3-4-15(9)2/h5-6,9H,3-4,7H2,1-2H3,(H2,13,16)/t9-/m0/s1. The fourth-order valence-electron chi connectivity index (χ4n) is 1.82. The van der Waals surface area contributed by atoms with E-state index in [9.17, 15) is 4.79 Å². The van der Waals surface area contributed by atoms with E-state index in [4.69, 9.17) is 10.5 Å². The number of hydrogen-bond acceptors (Lipinski definition) is 4. The molecule has 1 atom stereocenters. The van der Waals surface area contributed by atoms with Crippen LogP contribution in [-0.2, 0) is 0 Å². The molecule has 0 aliphatic carbocycles. The number of ether oxygens (including phenoxy) is 1. The zero-order chi connectivity index (χ0) is 12.4. The van der Waals surface area contributed by atoms with Gasteiger partial charge in [0, 0.05) is 6.04 Å².